The largest absolute Gasteiger partial charge is 0.350 e. The van der Waals surface area contributed by atoms with Crippen molar-refractivity contribution in [2.24, 2.45) is 4.99 Å². The Morgan fingerprint density at radius 2 is 1.89 bits per heavy atom. The second-order valence-corrected chi connectivity index (χ2v) is 7.75. The molecule has 0 radical (unpaired) electrons. The molecule has 2 aromatic rings. The first kappa shape index (κ1) is 21.8. The van der Waals surface area contributed by atoms with Gasteiger partial charge >= 0.3 is 0 Å². The van der Waals surface area contributed by atoms with Gasteiger partial charge in [-0.3, -0.25) is 4.79 Å². The fourth-order valence-corrected chi connectivity index (χ4v) is 3.35. The SMILES string of the molecule is CSc1cc(C)ccc1CN=C(NCC(=O)N(C)C)NC(C)c1ccccc1. The molecule has 0 fully saturated rings. The van der Waals surface area contributed by atoms with Gasteiger partial charge in [-0.2, -0.15) is 0 Å². The fraction of sp³-hybridized carbons (Fsp3) is 0.364. The zero-order valence-corrected chi connectivity index (χ0v) is 18.1. The molecule has 0 saturated carbocycles. The number of benzene rings is 2. The summed E-state index contributed by atoms with van der Waals surface area (Å²) in [7, 11) is 3.50. The minimum Gasteiger partial charge on any atom is -0.350 e. The number of carbonyl (C=O) groups is 1. The highest BCUT2D eigenvalue weighted by molar-refractivity contribution is 7.98. The van der Waals surface area contributed by atoms with Crippen molar-refractivity contribution in [3.63, 3.8) is 0 Å². The smallest absolute Gasteiger partial charge is 0.241 e. The lowest BCUT2D eigenvalue weighted by atomic mass is 10.1. The lowest BCUT2D eigenvalue weighted by molar-refractivity contribution is -0.127. The lowest BCUT2D eigenvalue weighted by Gasteiger charge is -2.20. The summed E-state index contributed by atoms with van der Waals surface area (Å²) in [6.45, 7) is 4.92. The molecule has 2 rings (SSSR count). The highest BCUT2D eigenvalue weighted by atomic mass is 32.2. The van der Waals surface area contributed by atoms with Crippen LogP contribution in [0.3, 0.4) is 0 Å². The third kappa shape index (κ3) is 6.60. The normalized spacial score (nSPS) is 12.4. The van der Waals surface area contributed by atoms with Crippen LogP contribution in [0.25, 0.3) is 0 Å². The standard InChI is InChI=1S/C22H30N4OS/c1-16-11-12-19(20(13-16)28-5)14-23-22(24-15-21(27)26(3)4)25-17(2)18-9-7-6-8-10-18/h6-13,17H,14-15H2,1-5H3,(H2,23,24,25). The number of carbonyl (C=O) groups excluding carboxylic acids is 1. The van der Waals surface area contributed by atoms with Crippen molar-refractivity contribution < 1.29 is 4.79 Å². The third-order valence-electron chi connectivity index (χ3n) is 4.41. The number of nitrogens with one attached hydrogen (secondary N) is 2. The van der Waals surface area contributed by atoms with Crippen LogP contribution in [0.1, 0.15) is 29.7 Å². The first-order valence-electron chi connectivity index (χ1n) is 9.34. The van der Waals surface area contributed by atoms with Gasteiger partial charge in [0.1, 0.15) is 0 Å². The monoisotopic (exact) mass is 398 g/mol. The van der Waals surface area contributed by atoms with Crippen LogP contribution in [0, 0.1) is 6.92 Å². The number of aliphatic imine (C=N–C) groups is 1. The number of hydrogen-bond donors (Lipinski definition) is 2. The van der Waals surface area contributed by atoms with Crippen LogP contribution >= 0.6 is 11.8 Å². The second kappa shape index (κ2) is 10.8. The van der Waals surface area contributed by atoms with Gasteiger partial charge in [0.25, 0.3) is 0 Å². The molecule has 0 aliphatic heterocycles. The van der Waals surface area contributed by atoms with E-state index in [0.717, 1.165) is 5.56 Å². The van der Waals surface area contributed by atoms with Crippen molar-refractivity contribution in [1.82, 2.24) is 15.5 Å². The van der Waals surface area contributed by atoms with E-state index in [-0.39, 0.29) is 18.5 Å². The molecule has 0 saturated heterocycles. The molecule has 0 bridgehead atoms. The van der Waals surface area contributed by atoms with E-state index < -0.39 is 0 Å². The minimum atomic E-state index is 0.00185. The van der Waals surface area contributed by atoms with Gasteiger partial charge in [-0.05, 0) is 42.9 Å². The number of amides is 1. The summed E-state index contributed by atoms with van der Waals surface area (Å²) in [5.74, 6) is 0.626. The maximum absolute atomic E-state index is 12.0. The van der Waals surface area contributed by atoms with Crippen molar-refractivity contribution in [3.05, 3.63) is 65.2 Å². The molecule has 0 spiro atoms. The predicted molar refractivity (Wildman–Crippen MR) is 119 cm³/mol. The van der Waals surface area contributed by atoms with Crippen LogP contribution in [0.2, 0.25) is 0 Å². The van der Waals surface area contributed by atoms with Crippen LogP contribution < -0.4 is 10.6 Å². The molecule has 2 N–H and O–H groups in total. The first-order valence-corrected chi connectivity index (χ1v) is 10.6. The van der Waals surface area contributed by atoms with E-state index >= 15 is 0 Å². The minimum absolute atomic E-state index is 0.00185. The molecule has 2 aromatic carbocycles. The van der Waals surface area contributed by atoms with Crippen LogP contribution in [-0.4, -0.2) is 43.7 Å². The van der Waals surface area contributed by atoms with E-state index in [1.54, 1.807) is 30.8 Å². The van der Waals surface area contributed by atoms with E-state index in [4.69, 9.17) is 4.99 Å². The summed E-state index contributed by atoms with van der Waals surface area (Å²) >= 11 is 1.72. The Labute approximate surface area is 172 Å². The summed E-state index contributed by atoms with van der Waals surface area (Å²) < 4.78 is 0. The zero-order chi connectivity index (χ0) is 20.5. The number of thioether (sulfide) groups is 1. The van der Waals surface area contributed by atoms with Crippen LogP contribution in [0.4, 0.5) is 0 Å². The third-order valence-corrected chi connectivity index (χ3v) is 5.23. The Morgan fingerprint density at radius 1 is 1.18 bits per heavy atom. The van der Waals surface area contributed by atoms with Crippen molar-refractivity contribution >= 4 is 23.6 Å². The van der Waals surface area contributed by atoms with E-state index in [2.05, 4.69) is 61.1 Å². The summed E-state index contributed by atoms with van der Waals surface area (Å²) in [6, 6.07) is 16.7. The Balaban J connectivity index is 2.16. The Hall–Kier alpha value is -2.47. The van der Waals surface area contributed by atoms with Gasteiger partial charge in [0.05, 0.1) is 19.1 Å². The second-order valence-electron chi connectivity index (χ2n) is 6.90. The van der Waals surface area contributed by atoms with Crippen molar-refractivity contribution in [2.75, 3.05) is 26.9 Å². The Kier molecular flexibility index (Phi) is 8.39. The molecule has 0 aromatic heterocycles. The molecular weight excluding hydrogens is 368 g/mol. The molecule has 28 heavy (non-hydrogen) atoms. The van der Waals surface area contributed by atoms with Gasteiger partial charge in [-0.1, -0.05) is 42.5 Å². The van der Waals surface area contributed by atoms with Gasteiger partial charge in [0.15, 0.2) is 5.96 Å². The van der Waals surface area contributed by atoms with Gasteiger partial charge in [0.2, 0.25) is 5.91 Å². The lowest BCUT2D eigenvalue weighted by Crippen LogP contribution is -2.43. The van der Waals surface area contributed by atoms with Gasteiger partial charge in [-0.15, -0.1) is 11.8 Å². The molecule has 1 unspecified atom stereocenters. The molecule has 0 aliphatic carbocycles. The van der Waals surface area contributed by atoms with Crippen LogP contribution in [0.5, 0.6) is 0 Å². The van der Waals surface area contributed by atoms with Crippen LogP contribution in [-0.2, 0) is 11.3 Å². The summed E-state index contributed by atoms with van der Waals surface area (Å²) in [5.41, 5.74) is 3.57. The molecule has 1 atom stereocenters. The number of hydrogen-bond acceptors (Lipinski definition) is 3. The number of aryl methyl sites for hydroxylation is 1. The van der Waals surface area contributed by atoms with E-state index in [1.807, 2.05) is 18.2 Å². The molecule has 0 aliphatic rings. The fourth-order valence-electron chi connectivity index (χ4n) is 2.65. The summed E-state index contributed by atoms with van der Waals surface area (Å²) in [5, 5.41) is 6.57. The van der Waals surface area contributed by atoms with Gasteiger partial charge < -0.3 is 15.5 Å². The molecule has 150 valence electrons. The number of likely N-dealkylation sites (N-methyl/N-ethyl adjacent to an activating group) is 1. The highest BCUT2D eigenvalue weighted by Gasteiger charge is 2.11. The quantitative estimate of drug-likeness (QED) is 0.425. The van der Waals surface area contributed by atoms with Crippen LogP contribution in [0.15, 0.2) is 58.4 Å². The Bertz CT molecular complexity index is 805. The molecular formula is C22H30N4OS. The average molecular weight is 399 g/mol. The summed E-state index contributed by atoms with van der Waals surface area (Å²) in [4.78, 5) is 19.5. The van der Waals surface area contributed by atoms with Gasteiger partial charge in [-0.25, -0.2) is 4.99 Å². The molecule has 6 heteroatoms. The number of rotatable bonds is 7. The zero-order valence-electron chi connectivity index (χ0n) is 17.3. The maximum atomic E-state index is 12.0. The molecule has 0 heterocycles. The van der Waals surface area contributed by atoms with Crippen molar-refractivity contribution in [2.45, 2.75) is 31.3 Å². The van der Waals surface area contributed by atoms with E-state index in [9.17, 15) is 4.79 Å². The summed E-state index contributed by atoms with van der Waals surface area (Å²) in [6.07, 6.45) is 2.08. The first-order chi connectivity index (χ1) is 13.4. The predicted octanol–water partition coefficient (Wildman–Crippen LogP) is 3.60. The topological polar surface area (TPSA) is 56.7 Å². The van der Waals surface area contributed by atoms with Gasteiger partial charge in [0, 0.05) is 19.0 Å². The maximum Gasteiger partial charge on any atom is 0.241 e. The number of nitrogens with zero attached hydrogens (tertiary/aromatic N) is 2. The molecule has 1 amide bonds. The number of guanidine groups is 1. The van der Waals surface area contributed by atoms with E-state index in [1.165, 1.54) is 16.0 Å². The van der Waals surface area contributed by atoms with E-state index in [0.29, 0.717) is 12.5 Å². The average Bonchev–Trinajstić information content (AvgIpc) is 2.70. The highest BCUT2D eigenvalue weighted by Crippen LogP contribution is 2.22. The van der Waals surface area contributed by atoms with Crippen molar-refractivity contribution in [1.29, 1.82) is 0 Å². The van der Waals surface area contributed by atoms with Crippen molar-refractivity contribution in [3.8, 4) is 0 Å². The Morgan fingerprint density at radius 3 is 2.54 bits per heavy atom. The molecule has 5 nitrogen and oxygen atoms in total.